The molecule has 10 heteroatoms. The minimum absolute atomic E-state index is 0.00597. The zero-order chi connectivity index (χ0) is 25.6. The topological polar surface area (TPSA) is 91.6 Å². The monoisotopic (exact) mass is 517 g/mol. The first kappa shape index (κ1) is 24.8. The van der Waals surface area contributed by atoms with Gasteiger partial charge in [-0.3, -0.25) is 14.4 Å². The van der Waals surface area contributed by atoms with E-state index in [0.29, 0.717) is 24.4 Å². The number of hydrogen-bond acceptors (Lipinski definition) is 5. The quantitative estimate of drug-likeness (QED) is 0.648. The lowest BCUT2D eigenvalue weighted by Gasteiger charge is -2.51. The maximum atomic E-state index is 14.0. The van der Waals surface area contributed by atoms with Crippen molar-refractivity contribution in [1.29, 1.82) is 0 Å². The van der Waals surface area contributed by atoms with Gasteiger partial charge in [-0.2, -0.15) is 11.8 Å². The number of aromatic hydroxyl groups is 1. The van der Waals surface area contributed by atoms with Gasteiger partial charge in [0, 0.05) is 37.0 Å². The summed E-state index contributed by atoms with van der Waals surface area (Å²) in [5.74, 6) is -0.429. The van der Waals surface area contributed by atoms with Crippen molar-refractivity contribution in [3.63, 3.8) is 0 Å². The number of benzene rings is 1. The zero-order valence-electron chi connectivity index (χ0n) is 20.0. The van der Waals surface area contributed by atoms with Crippen LogP contribution in [0.5, 0.6) is 5.75 Å². The maximum absolute atomic E-state index is 14.0. The molecule has 0 aliphatic carbocycles. The second kappa shape index (κ2) is 9.88. The molecule has 3 aliphatic heterocycles. The lowest BCUT2D eigenvalue weighted by atomic mass is 9.74. The van der Waals surface area contributed by atoms with Gasteiger partial charge in [0.1, 0.15) is 17.2 Å². The molecule has 192 valence electrons. The van der Waals surface area contributed by atoms with Crippen molar-refractivity contribution in [3.05, 3.63) is 63.1 Å². The molecule has 2 aromatic rings. The molecule has 1 aromatic carbocycles. The van der Waals surface area contributed by atoms with Gasteiger partial charge in [0.25, 0.3) is 11.8 Å². The summed E-state index contributed by atoms with van der Waals surface area (Å²) in [4.78, 5) is 41.1. The van der Waals surface area contributed by atoms with Crippen LogP contribution in [0, 0.1) is 23.5 Å². The Balaban J connectivity index is 1.44. The third-order valence-corrected chi connectivity index (χ3v) is 8.94. The summed E-state index contributed by atoms with van der Waals surface area (Å²) in [6.45, 7) is 2.13. The number of carbonyl (C=O) groups excluding carboxylic acids is 2. The molecule has 0 spiro atoms. The van der Waals surface area contributed by atoms with E-state index in [2.05, 4.69) is 5.32 Å². The third-order valence-electron chi connectivity index (χ3n) is 7.89. The molecular weight excluding hydrogens is 488 g/mol. The lowest BCUT2D eigenvalue weighted by Crippen LogP contribution is -2.59. The normalized spacial score (nSPS) is 24.2. The number of nitrogens with zero attached hydrogens (tertiary/aromatic N) is 2. The fourth-order valence-electron chi connectivity index (χ4n) is 6.01. The summed E-state index contributed by atoms with van der Waals surface area (Å²) in [6, 6.07) is 2.92. The molecule has 2 fully saturated rings. The number of amides is 2. The summed E-state index contributed by atoms with van der Waals surface area (Å²) in [5, 5.41) is 13.2. The Bertz CT molecular complexity index is 1260. The first-order valence-corrected chi connectivity index (χ1v) is 13.5. The smallest absolute Gasteiger partial charge is 0.275 e. The molecule has 4 heterocycles. The van der Waals surface area contributed by atoms with Crippen LogP contribution >= 0.6 is 11.8 Å². The maximum Gasteiger partial charge on any atom is 0.275 e. The Kier molecular flexibility index (Phi) is 6.80. The number of pyridine rings is 1. The Morgan fingerprint density at radius 1 is 1.17 bits per heavy atom. The van der Waals surface area contributed by atoms with E-state index in [4.69, 9.17) is 0 Å². The lowest BCUT2D eigenvalue weighted by molar-refractivity contribution is 0.00158. The van der Waals surface area contributed by atoms with Crippen LogP contribution in [0.2, 0.25) is 0 Å². The predicted molar refractivity (Wildman–Crippen MR) is 132 cm³/mol. The van der Waals surface area contributed by atoms with E-state index < -0.39 is 28.7 Å². The number of hydrogen-bond donors (Lipinski definition) is 2. The van der Waals surface area contributed by atoms with Crippen LogP contribution in [0.3, 0.4) is 0 Å². The van der Waals surface area contributed by atoms with Gasteiger partial charge >= 0.3 is 0 Å². The van der Waals surface area contributed by atoms with E-state index in [1.165, 1.54) is 16.8 Å². The van der Waals surface area contributed by atoms with Gasteiger partial charge in [-0.15, -0.1) is 0 Å². The minimum Gasteiger partial charge on any atom is -0.503 e. The molecule has 1 aromatic heterocycles. The van der Waals surface area contributed by atoms with Crippen LogP contribution in [0.4, 0.5) is 8.78 Å². The number of aromatic nitrogens is 1. The van der Waals surface area contributed by atoms with Gasteiger partial charge in [0.2, 0.25) is 5.43 Å². The fraction of sp³-hybridized carbons (Fsp3) is 0.500. The number of piperidine rings is 1. The predicted octanol–water partition coefficient (Wildman–Crippen LogP) is 3.53. The molecule has 2 amide bonds. The van der Waals surface area contributed by atoms with E-state index in [1.807, 2.05) is 23.6 Å². The number of nitrogens with one attached hydrogen (secondary N) is 1. The standard InChI is InChI=1S/C26H29F2N3O4S/c1-14-2-5-18(15-6-8-36-9-7-15)21-13-30-12-19(23(32)24(33)22(30)26(35)31(14)21)25(34)29-11-16-3-4-17(27)10-20(16)28/h3-4,10,12,14-15,18,21,33H,2,5-9,11,13H2,1H3,(H,29,34)/t14-,18?,21+/m0/s1. The molecule has 0 bridgehead atoms. The second-order valence-electron chi connectivity index (χ2n) is 9.96. The number of rotatable bonds is 4. The number of thioether (sulfide) groups is 1. The van der Waals surface area contributed by atoms with Crippen molar-refractivity contribution < 1.29 is 23.5 Å². The van der Waals surface area contributed by atoms with Gasteiger partial charge in [-0.05, 0) is 62.0 Å². The SMILES string of the molecule is C[C@H]1CCC(C2CCSCC2)[C@H]2Cn3cc(C(=O)NCc4ccc(F)cc4F)c(=O)c(O)c3C(=O)N21. The molecule has 1 unspecified atom stereocenters. The summed E-state index contributed by atoms with van der Waals surface area (Å²) < 4.78 is 28.6. The van der Waals surface area contributed by atoms with E-state index in [9.17, 15) is 28.3 Å². The fourth-order valence-corrected chi connectivity index (χ4v) is 7.15. The zero-order valence-corrected chi connectivity index (χ0v) is 20.8. The van der Waals surface area contributed by atoms with Gasteiger partial charge < -0.3 is 19.9 Å². The van der Waals surface area contributed by atoms with Crippen molar-refractivity contribution in [1.82, 2.24) is 14.8 Å². The Hall–Kier alpha value is -2.88. The summed E-state index contributed by atoms with van der Waals surface area (Å²) in [7, 11) is 0. The third kappa shape index (κ3) is 4.40. The van der Waals surface area contributed by atoms with E-state index >= 15 is 0 Å². The minimum atomic E-state index is -0.948. The molecule has 0 saturated carbocycles. The van der Waals surface area contributed by atoms with Gasteiger partial charge in [0.15, 0.2) is 11.4 Å². The summed E-state index contributed by atoms with van der Waals surface area (Å²) in [5.41, 5.74) is -1.31. The first-order chi connectivity index (χ1) is 17.3. The molecular formula is C26H29F2N3O4S. The van der Waals surface area contributed by atoms with E-state index in [1.54, 1.807) is 0 Å². The van der Waals surface area contributed by atoms with Crippen molar-refractivity contribution in [3.8, 4) is 5.75 Å². The van der Waals surface area contributed by atoms with Crippen LogP contribution in [-0.2, 0) is 13.1 Å². The van der Waals surface area contributed by atoms with Gasteiger partial charge in [0.05, 0.1) is 6.04 Å². The molecule has 3 aliphatic rings. The first-order valence-electron chi connectivity index (χ1n) is 12.3. The van der Waals surface area contributed by atoms with Crippen molar-refractivity contribution in [2.24, 2.45) is 11.8 Å². The highest BCUT2D eigenvalue weighted by Crippen LogP contribution is 2.42. The Morgan fingerprint density at radius 3 is 2.64 bits per heavy atom. The van der Waals surface area contributed by atoms with Crippen LogP contribution in [0.1, 0.15) is 59.0 Å². The van der Waals surface area contributed by atoms with Gasteiger partial charge in [-0.1, -0.05) is 6.07 Å². The largest absolute Gasteiger partial charge is 0.503 e. The van der Waals surface area contributed by atoms with Crippen molar-refractivity contribution in [2.45, 2.75) is 57.8 Å². The number of fused-ring (bicyclic) bond motifs is 2. The summed E-state index contributed by atoms with van der Waals surface area (Å²) >= 11 is 1.95. The van der Waals surface area contributed by atoms with Crippen LogP contribution in [0.25, 0.3) is 0 Å². The molecule has 0 radical (unpaired) electrons. The highest BCUT2D eigenvalue weighted by atomic mass is 32.2. The van der Waals surface area contributed by atoms with Crippen LogP contribution in [-0.4, -0.2) is 50.0 Å². The Labute approximate surface area is 211 Å². The number of carbonyl (C=O) groups is 2. The second-order valence-corrected chi connectivity index (χ2v) is 11.2. The molecule has 2 N–H and O–H groups in total. The average Bonchev–Trinajstić information content (AvgIpc) is 2.86. The van der Waals surface area contributed by atoms with Crippen molar-refractivity contribution >= 4 is 23.6 Å². The highest BCUT2D eigenvalue weighted by Gasteiger charge is 2.46. The van der Waals surface area contributed by atoms with Crippen LogP contribution in [0.15, 0.2) is 29.2 Å². The molecule has 5 rings (SSSR count). The molecule has 2 saturated heterocycles. The van der Waals surface area contributed by atoms with E-state index in [0.717, 1.165) is 43.3 Å². The molecule has 7 nitrogen and oxygen atoms in total. The average molecular weight is 518 g/mol. The van der Waals surface area contributed by atoms with Crippen molar-refractivity contribution in [2.75, 3.05) is 11.5 Å². The summed E-state index contributed by atoms with van der Waals surface area (Å²) in [6.07, 6.45) is 5.44. The van der Waals surface area contributed by atoms with Gasteiger partial charge in [-0.25, -0.2) is 8.78 Å². The van der Waals surface area contributed by atoms with Crippen LogP contribution < -0.4 is 10.7 Å². The Morgan fingerprint density at radius 2 is 1.92 bits per heavy atom. The number of halogens is 2. The molecule has 36 heavy (non-hydrogen) atoms. The van der Waals surface area contributed by atoms with E-state index in [-0.39, 0.29) is 41.4 Å². The molecule has 3 atom stereocenters. The highest BCUT2D eigenvalue weighted by molar-refractivity contribution is 7.99.